The highest BCUT2D eigenvalue weighted by Crippen LogP contribution is 2.15. The van der Waals surface area contributed by atoms with Gasteiger partial charge in [0.1, 0.15) is 12.7 Å². The molecular weight excluding hydrogens is 264 g/mol. The van der Waals surface area contributed by atoms with Crippen LogP contribution >= 0.6 is 0 Å². The average Bonchev–Trinajstić information content (AvgIpc) is 3.30. The third-order valence-corrected chi connectivity index (χ3v) is 3.92. The van der Waals surface area contributed by atoms with Gasteiger partial charge in [-0.1, -0.05) is 71.3 Å². The van der Waals surface area contributed by atoms with Crippen molar-refractivity contribution in [1.29, 1.82) is 0 Å². The molecule has 0 saturated carbocycles. The molecular formula is C18H32O3. The molecule has 1 fully saturated rings. The molecule has 0 spiro atoms. The van der Waals surface area contributed by atoms with E-state index in [-0.39, 0.29) is 12.1 Å². The van der Waals surface area contributed by atoms with Crippen LogP contribution in [0, 0.1) is 0 Å². The first-order valence-corrected chi connectivity index (χ1v) is 8.70. The quantitative estimate of drug-likeness (QED) is 0.200. The fraction of sp³-hybridized carbons (Fsp3) is 0.833. The topological polar surface area (TPSA) is 38.8 Å². The van der Waals surface area contributed by atoms with E-state index < -0.39 is 0 Å². The number of epoxide rings is 1. The zero-order valence-corrected chi connectivity index (χ0v) is 13.7. The van der Waals surface area contributed by atoms with Crippen LogP contribution in [0.15, 0.2) is 12.2 Å². The van der Waals surface area contributed by atoms with E-state index in [0.717, 1.165) is 19.4 Å². The summed E-state index contributed by atoms with van der Waals surface area (Å²) in [5.41, 5.74) is 0.607. The third kappa shape index (κ3) is 10.5. The fourth-order valence-corrected chi connectivity index (χ4v) is 2.36. The van der Waals surface area contributed by atoms with E-state index in [2.05, 4.69) is 13.5 Å². The highest BCUT2D eigenvalue weighted by Gasteiger charge is 2.24. The van der Waals surface area contributed by atoms with Gasteiger partial charge >= 0.3 is 5.97 Å². The summed E-state index contributed by atoms with van der Waals surface area (Å²) < 4.78 is 10.1. The van der Waals surface area contributed by atoms with E-state index >= 15 is 0 Å². The van der Waals surface area contributed by atoms with E-state index in [0.29, 0.717) is 12.2 Å². The van der Waals surface area contributed by atoms with Crippen molar-refractivity contribution in [2.75, 3.05) is 13.2 Å². The van der Waals surface area contributed by atoms with Gasteiger partial charge in [-0.25, -0.2) is 4.79 Å². The lowest BCUT2D eigenvalue weighted by atomic mass is 10.0. The lowest BCUT2D eigenvalue weighted by Gasteiger charge is -2.06. The normalized spacial score (nSPS) is 16.7. The molecule has 21 heavy (non-hydrogen) atoms. The minimum Gasteiger partial charge on any atom is -0.459 e. The molecule has 1 aliphatic rings. The summed E-state index contributed by atoms with van der Waals surface area (Å²) in [6.07, 6.45) is 13.9. The van der Waals surface area contributed by atoms with Crippen LogP contribution in [0.25, 0.3) is 0 Å². The first kappa shape index (κ1) is 18.2. The largest absolute Gasteiger partial charge is 0.459 e. The van der Waals surface area contributed by atoms with Crippen LogP contribution < -0.4 is 0 Å². The van der Waals surface area contributed by atoms with Crippen molar-refractivity contribution in [3.05, 3.63) is 12.2 Å². The molecule has 0 aromatic carbocycles. The Kier molecular flexibility index (Phi) is 10.2. The maximum absolute atomic E-state index is 11.6. The third-order valence-electron chi connectivity index (χ3n) is 3.92. The lowest BCUT2D eigenvalue weighted by Crippen LogP contribution is -2.11. The molecule has 1 rings (SSSR count). The molecule has 0 N–H and O–H groups in total. The maximum Gasteiger partial charge on any atom is 0.333 e. The minimum atomic E-state index is -0.249. The Morgan fingerprint density at radius 1 is 1.05 bits per heavy atom. The number of ether oxygens (including phenoxy) is 2. The Bertz CT molecular complexity index is 295. The van der Waals surface area contributed by atoms with E-state index in [4.69, 9.17) is 9.47 Å². The van der Waals surface area contributed by atoms with Crippen LogP contribution in [-0.2, 0) is 14.3 Å². The Morgan fingerprint density at radius 2 is 1.57 bits per heavy atom. The summed E-state index contributed by atoms with van der Waals surface area (Å²) >= 11 is 0. The molecule has 0 bridgehead atoms. The van der Waals surface area contributed by atoms with Gasteiger partial charge in [-0.3, -0.25) is 0 Å². The number of esters is 1. The van der Waals surface area contributed by atoms with Gasteiger partial charge in [0, 0.05) is 5.57 Å². The molecule has 0 aromatic rings. The van der Waals surface area contributed by atoms with Gasteiger partial charge in [0.25, 0.3) is 0 Å². The molecule has 3 heteroatoms. The van der Waals surface area contributed by atoms with Crippen LogP contribution in [0.4, 0.5) is 0 Å². The monoisotopic (exact) mass is 296 g/mol. The second-order valence-electron chi connectivity index (χ2n) is 6.09. The van der Waals surface area contributed by atoms with Gasteiger partial charge in [-0.2, -0.15) is 0 Å². The van der Waals surface area contributed by atoms with Crippen molar-refractivity contribution in [1.82, 2.24) is 0 Å². The van der Waals surface area contributed by atoms with Crippen molar-refractivity contribution in [3.63, 3.8) is 0 Å². The first-order chi connectivity index (χ1) is 10.2. The first-order valence-electron chi connectivity index (χ1n) is 8.70. The van der Waals surface area contributed by atoms with E-state index in [1.807, 2.05) is 0 Å². The SMILES string of the molecule is C=C(CCCCCCCCCCCC)C(=O)OCC1CO1. The molecule has 0 radical (unpaired) electrons. The van der Waals surface area contributed by atoms with Crippen molar-refractivity contribution in [2.24, 2.45) is 0 Å². The molecule has 1 aliphatic heterocycles. The van der Waals surface area contributed by atoms with E-state index in [1.54, 1.807) is 0 Å². The Hall–Kier alpha value is -0.830. The highest BCUT2D eigenvalue weighted by molar-refractivity contribution is 5.87. The second kappa shape index (κ2) is 11.8. The van der Waals surface area contributed by atoms with Crippen molar-refractivity contribution in [2.45, 2.75) is 83.7 Å². The molecule has 0 aromatic heterocycles. The number of carbonyl (C=O) groups is 1. The summed E-state index contributed by atoms with van der Waals surface area (Å²) in [7, 11) is 0. The molecule has 1 unspecified atom stereocenters. The zero-order valence-electron chi connectivity index (χ0n) is 13.7. The molecule has 0 amide bonds. The van der Waals surface area contributed by atoms with Gasteiger partial charge in [0.05, 0.1) is 6.61 Å². The summed E-state index contributed by atoms with van der Waals surface area (Å²) in [5, 5.41) is 0. The fourth-order valence-electron chi connectivity index (χ4n) is 2.36. The predicted octanol–water partition coefficient (Wildman–Crippen LogP) is 4.80. The Labute approximate surface area is 130 Å². The summed E-state index contributed by atoms with van der Waals surface area (Å²) in [6.45, 7) is 7.17. The van der Waals surface area contributed by atoms with Gasteiger partial charge in [-0.05, 0) is 12.8 Å². The molecule has 1 atom stereocenters. The zero-order chi connectivity index (χ0) is 15.3. The number of hydrogen-bond acceptors (Lipinski definition) is 3. The second-order valence-corrected chi connectivity index (χ2v) is 6.09. The predicted molar refractivity (Wildman–Crippen MR) is 86.3 cm³/mol. The molecule has 1 heterocycles. The molecule has 0 aliphatic carbocycles. The Balaban J connectivity index is 1.82. The minimum absolute atomic E-state index is 0.138. The van der Waals surface area contributed by atoms with Crippen LogP contribution in [0.1, 0.15) is 77.6 Å². The molecule has 3 nitrogen and oxygen atoms in total. The van der Waals surface area contributed by atoms with Gasteiger partial charge in [-0.15, -0.1) is 0 Å². The molecule has 1 saturated heterocycles. The van der Waals surface area contributed by atoms with E-state index in [1.165, 1.54) is 57.8 Å². The number of carbonyl (C=O) groups excluding carboxylic acids is 1. The van der Waals surface area contributed by atoms with Crippen molar-refractivity contribution < 1.29 is 14.3 Å². The lowest BCUT2D eigenvalue weighted by molar-refractivity contribution is -0.139. The van der Waals surface area contributed by atoms with Gasteiger partial charge in [0.2, 0.25) is 0 Å². The highest BCUT2D eigenvalue weighted by atomic mass is 16.6. The van der Waals surface area contributed by atoms with Gasteiger partial charge < -0.3 is 9.47 Å². The number of rotatable bonds is 14. The summed E-state index contributed by atoms with van der Waals surface area (Å²) in [5.74, 6) is -0.249. The summed E-state index contributed by atoms with van der Waals surface area (Å²) in [4.78, 5) is 11.6. The smallest absolute Gasteiger partial charge is 0.333 e. The number of unbranched alkanes of at least 4 members (excludes halogenated alkanes) is 9. The average molecular weight is 296 g/mol. The van der Waals surface area contributed by atoms with Crippen molar-refractivity contribution in [3.8, 4) is 0 Å². The van der Waals surface area contributed by atoms with Crippen molar-refractivity contribution >= 4 is 5.97 Å². The van der Waals surface area contributed by atoms with Crippen LogP contribution in [0.3, 0.4) is 0 Å². The Morgan fingerprint density at radius 3 is 2.10 bits per heavy atom. The van der Waals surface area contributed by atoms with Gasteiger partial charge in [0.15, 0.2) is 0 Å². The van der Waals surface area contributed by atoms with Crippen LogP contribution in [0.5, 0.6) is 0 Å². The van der Waals surface area contributed by atoms with Crippen LogP contribution in [0.2, 0.25) is 0 Å². The van der Waals surface area contributed by atoms with Crippen LogP contribution in [-0.4, -0.2) is 25.3 Å². The molecule has 122 valence electrons. The number of hydrogen-bond donors (Lipinski definition) is 0. The standard InChI is InChI=1S/C18H32O3/c1-3-4-5-6-7-8-9-10-11-12-13-16(2)18(19)21-15-17-14-20-17/h17H,2-15H2,1H3. The van der Waals surface area contributed by atoms with E-state index in [9.17, 15) is 4.79 Å². The maximum atomic E-state index is 11.6. The summed E-state index contributed by atoms with van der Waals surface area (Å²) in [6, 6.07) is 0.